The Balaban J connectivity index is 3.10. The van der Waals surface area contributed by atoms with E-state index in [-0.39, 0.29) is 0 Å². The fourth-order valence-corrected chi connectivity index (χ4v) is 1.52. The molecule has 0 spiro atoms. The van der Waals surface area contributed by atoms with E-state index in [1.165, 1.54) is 0 Å². The van der Waals surface area contributed by atoms with Crippen LogP contribution >= 0.6 is 0 Å². The molecule has 15 heavy (non-hydrogen) atoms. The molecule has 0 saturated carbocycles. The maximum atomic E-state index is 12.5. The van der Waals surface area contributed by atoms with Gasteiger partial charge in [0, 0.05) is 5.92 Å². The number of rotatable bonds is 1. The van der Waals surface area contributed by atoms with E-state index < -0.39 is 35.6 Å². The lowest BCUT2D eigenvalue weighted by atomic mass is 9.83. The molecule has 0 aromatic heterocycles. The minimum atomic E-state index is -4.77. The smallest absolute Gasteiger partial charge is 0.428 e. The molecule has 0 amide bonds. The van der Waals surface area contributed by atoms with Gasteiger partial charge in [-0.25, -0.2) is 0 Å². The lowest BCUT2D eigenvalue weighted by molar-refractivity contribution is -0.262. The minimum Gasteiger partial charge on any atom is -0.481 e. The van der Waals surface area contributed by atoms with E-state index in [4.69, 9.17) is 5.11 Å². The molecular weight excluding hydrogens is 217 g/mol. The summed E-state index contributed by atoms with van der Waals surface area (Å²) >= 11 is 0. The molecule has 1 aliphatic rings. The van der Waals surface area contributed by atoms with E-state index in [1.807, 2.05) is 0 Å². The van der Waals surface area contributed by atoms with Crippen LogP contribution in [-0.4, -0.2) is 28.8 Å². The van der Waals surface area contributed by atoms with Crippen molar-refractivity contribution in [2.24, 2.45) is 11.8 Å². The van der Waals surface area contributed by atoms with Crippen LogP contribution in [0.2, 0.25) is 0 Å². The molecule has 1 heterocycles. The van der Waals surface area contributed by atoms with Gasteiger partial charge in [-0.3, -0.25) is 9.59 Å². The first-order chi connectivity index (χ1) is 6.61. The first-order valence-electron chi connectivity index (χ1n) is 4.13. The van der Waals surface area contributed by atoms with Crippen molar-refractivity contribution in [3.8, 4) is 0 Å². The number of alkyl halides is 3. The molecular formula is C8H9F3O4. The number of cyclic esters (lactones) is 1. The molecule has 0 radical (unpaired) electrons. The summed E-state index contributed by atoms with van der Waals surface area (Å²) < 4.78 is 41.8. The summed E-state index contributed by atoms with van der Waals surface area (Å²) in [7, 11) is 0. The van der Waals surface area contributed by atoms with Crippen molar-refractivity contribution in [3.05, 3.63) is 0 Å². The highest BCUT2D eigenvalue weighted by Crippen LogP contribution is 2.47. The molecule has 1 rings (SSSR count). The third-order valence-electron chi connectivity index (χ3n) is 2.76. The van der Waals surface area contributed by atoms with Gasteiger partial charge >= 0.3 is 18.1 Å². The Morgan fingerprint density at radius 3 is 2.20 bits per heavy atom. The Bertz CT molecular complexity index is 311. The number of aliphatic carboxylic acids is 1. The molecule has 7 heteroatoms. The fourth-order valence-electron chi connectivity index (χ4n) is 1.52. The molecule has 86 valence electrons. The summed E-state index contributed by atoms with van der Waals surface area (Å²) in [6.45, 7) is 1.72. The molecule has 0 bridgehead atoms. The number of esters is 1. The Hall–Kier alpha value is -1.27. The molecule has 0 unspecified atom stereocenters. The number of carboxylic acid groups (broad SMARTS) is 1. The summed E-state index contributed by atoms with van der Waals surface area (Å²) in [6, 6.07) is 0. The van der Waals surface area contributed by atoms with Gasteiger partial charge in [-0.05, 0) is 6.92 Å². The van der Waals surface area contributed by atoms with Crippen molar-refractivity contribution < 1.29 is 32.6 Å². The Labute approximate surface area is 83.0 Å². The van der Waals surface area contributed by atoms with Crippen LogP contribution in [0, 0.1) is 11.8 Å². The largest absolute Gasteiger partial charge is 0.481 e. The van der Waals surface area contributed by atoms with Crippen LogP contribution in [0.1, 0.15) is 13.8 Å². The first kappa shape index (κ1) is 11.8. The van der Waals surface area contributed by atoms with Crippen molar-refractivity contribution in [2.45, 2.75) is 25.6 Å². The molecule has 0 aromatic rings. The maximum absolute atomic E-state index is 12.5. The molecule has 0 aromatic carbocycles. The number of ether oxygens (including phenoxy) is 1. The highest BCUT2D eigenvalue weighted by atomic mass is 19.4. The van der Waals surface area contributed by atoms with Gasteiger partial charge in [-0.1, -0.05) is 6.92 Å². The van der Waals surface area contributed by atoms with Crippen molar-refractivity contribution in [1.29, 1.82) is 0 Å². The van der Waals surface area contributed by atoms with E-state index in [2.05, 4.69) is 4.74 Å². The Morgan fingerprint density at radius 1 is 1.53 bits per heavy atom. The van der Waals surface area contributed by atoms with Crippen LogP contribution < -0.4 is 0 Å². The third-order valence-corrected chi connectivity index (χ3v) is 2.76. The zero-order chi connectivity index (χ0) is 12.0. The Kier molecular flexibility index (Phi) is 2.45. The van der Waals surface area contributed by atoms with Crippen molar-refractivity contribution in [2.75, 3.05) is 0 Å². The van der Waals surface area contributed by atoms with Crippen molar-refractivity contribution in [1.82, 2.24) is 0 Å². The van der Waals surface area contributed by atoms with E-state index in [9.17, 15) is 22.8 Å². The van der Waals surface area contributed by atoms with E-state index in [0.717, 1.165) is 6.92 Å². The highest BCUT2D eigenvalue weighted by molar-refractivity contribution is 5.96. The summed E-state index contributed by atoms with van der Waals surface area (Å²) in [4.78, 5) is 21.6. The lowest BCUT2D eigenvalue weighted by Gasteiger charge is -2.29. The number of hydrogen-bond acceptors (Lipinski definition) is 3. The van der Waals surface area contributed by atoms with Crippen LogP contribution in [0.3, 0.4) is 0 Å². The first-order valence-corrected chi connectivity index (χ1v) is 4.13. The van der Waals surface area contributed by atoms with Gasteiger partial charge in [0.2, 0.25) is 5.60 Å². The Morgan fingerprint density at radius 2 is 2.00 bits per heavy atom. The number of hydrogen-bond donors (Lipinski definition) is 1. The van der Waals surface area contributed by atoms with Gasteiger partial charge in [-0.2, -0.15) is 13.2 Å². The topological polar surface area (TPSA) is 63.6 Å². The normalized spacial score (nSPS) is 36.5. The number of carbonyl (C=O) groups is 2. The van der Waals surface area contributed by atoms with E-state index in [1.54, 1.807) is 0 Å². The van der Waals surface area contributed by atoms with Crippen LogP contribution in [0.15, 0.2) is 0 Å². The standard InChI is InChI=1S/C8H9F3O4/c1-3-4(5(12)13)6(14)15-7(3,2)8(9,10)11/h3-4H,1-2H3,(H,12,13)/t3-,4-,7+/m0/s1. The SMILES string of the molecule is C[C@H]1[C@@H](C(=O)O)C(=O)O[C@@]1(C)C(F)(F)F. The van der Waals surface area contributed by atoms with Gasteiger partial charge in [0.1, 0.15) is 0 Å². The number of halogens is 3. The van der Waals surface area contributed by atoms with Crippen molar-refractivity contribution >= 4 is 11.9 Å². The van der Waals surface area contributed by atoms with Crippen LogP contribution in [0.25, 0.3) is 0 Å². The second-order valence-electron chi connectivity index (χ2n) is 3.63. The zero-order valence-corrected chi connectivity index (χ0v) is 7.96. The predicted octanol–water partition coefficient (Wildman–Crippen LogP) is 1.20. The summed E-state index contributed by atoms with van der Waals surface area (Å²) in [6.07, 6.45) is -4.77. The minimum absolute atomic E-state index is 0.679. The van der Waals surface area contributed by atoms with Crippen LogP contribution in [0.5, 0.6) is 0 Å². The molecule has 1 saturated heterocycles. The van der Waals surface area contributed by atoms with Gasteiger partial charge in [0.05, 0.1) is 0 Å². The van der Waals surface area contributed by atoms with E-state index >= 15 is 0 Å². The second kappa shape index (κ2) is 3.11. The average Bonchev–Trinajstić information content (AvgIpc) is 2.22. The molecule has 1 N–H and O–H groups in total. The van der Waals surface area contributed by atoms with Gasteiger partial charge in [0.25, 0.3) is 0 Å². The van der Waals surface area contributed by atoms with Gasteiger partial charge < -0.3 is 9.84 Å². The zero-order valence-electron chi connectivity index (χ0n) is 7.96. The predicted molar refractivity (Wildman–Crippen MR) is 40.8 cm³/mol. The monoisotopic (exact) mass is 226 g/mol. The maximum Gasteiger partial charge on any atom is 0.428 e. The number of carbonyl (C=O) groups excluding carboxylic acids is 1. The molecule has 3 atom stereocenters. The van der Waals surface area contributed by atoms with Crippen LogP contribution in [-0.2, 0) is 14.3 Å². The third kappa shape index (κ3) is 1.55. The molecule has 1 aliphatic heterocycles. The quantitative estimate of drug-likeness (QED) is 0.539. The van der Waals surface area contributed by atoms with Gasteiger partial charge in [0.15, 0.2) is 5.92 Å². The van der Waals surface area contributed by atoms with E-state index in [0.29, 0.717) is 6.92 Å². The highest BCUT2D eigenvalue weighted by Gasteiger charge is 2.66. The lowest BCUT2D eigenvalue weighted by Crippen LogP contribution is -2.47. The summed E-state index contributed by atoms with van der Waals surface area (Å²) in [5, 5.41) is 8.58. The molecule has 0 aliphatic carbocycles. The molecule has 4 nitrogen and oxygen atoms in total. The summed E-state index contributed by atoms with van der Waals surface area (Å²) in [5.41, 5.74) is -2.72. The second-order valence-corrected chi connectivity index (χ2v) is 3.63. The van der Waals surface area contributed by atoms with Crippen molar-refractivity contribution in [3.63, 3.8) is 0 Å². The fraction of sp³-hybridized carbons (Fsp3) is 0.750. The molecule has 1 fully saturated rings. The summed E-state index contributed by atoms with van der Waals surface area (Å²) in [5.74, 6) is -6.13. The van der Waals surface area contributed by atoms with Crippen LogP contribution in [0.4, 0.5) is 13.2 Å². The van der Waals surface area contributed by atoms with Gasteiger partial charge in [-0.15, -0.1) is 0 Å². The number of carboxylic acids is 1. The average molecular weight is 226 g/mol.